The van der Waals surface area contributed by atoms with E-state index in [4.69, 9.17) is 0 Å². The van der Waals surface area contributed by atoms with Crippen LogP contribution in [0.15, 0.2) is 18.3 Å². The zero-order valence-electron chi connectivity index (χ0n) is 8.36. The fraction of sp³-hybridized carbons (Fsp3) is 0.333. The van der Waals surface area contributed by atoms with Gasteiger partial charge in [0.25, 0.3) is 0 Å². The first-order valence-electron chi connectivity index (χ1n) is 5.30. The molecule has 1 unspecified atom stereocenters. The van der Waals surface area contributed by atoms with Crippen LogP contribution < -0.4 is 15.9 Å². The molecule has 15 heavy (non-hydrogen) atoms. The third-order valence-electron chi connectivity index (χ3n) is 3.12. The number of fused-ring (bicyclic) bond motifs is 2. The van der Waals surface area contributed by atoms with Crippen LogP contribution in [0.25, 0.3) is 11.8 Å². The maximum Gasteiger partial charge on any atom is 0.224 e. The Morgan fingerprint density at radius 3 is 3.33 bits per heavy atom. The van der Waals surface area contributed by atoms with Gasteiger partial charge in [-0.25, -0.2) is 0 Å². The van der Waals surface area contributed by atoms with E-state index in [0.29, 0.717) is 12.3 Å². The summed E-state index contributed by atoms with van der Waals surface area (Å²) in [5.74, 6) is 0.588. The number of carbonyl (C=O) groups is 1. The first kappa shape index (κ1) is 8.65. The third-order valence-corrected chi connectivity index (χ3v) is 3.12. The molecule has 0 spiro atoms. The Hall–Kier alpha value is -1.64. The largest absolute Gasteiger partial charge is 0.327 e. The molecule has 1 aromatic heterocycles. The number of amides is 1. The lowest BCUT2D eigenvalue weighted by Crippen LogP contribution is -2.44. The van der Waals surface area contributed by atoms with Gasteiger partial charge in [-0.2, -0.15) is 0 Å². The van der Waals surface area contributed by atoms with E-state index in [9.17, 15) is 4.79 Å². The van der Waals surface area contributed by atoms with Crippen molar-refractivity contribution in [3.63, 3.8) is 0 Å². The number of pyridine rings is 1. The van der Waals surface area contributed by atoms with Crippen LogP contribution in [0.3, 0.4) is 0 Å². The van der Waals surface area contributed by atoms with Gasteiger partial charge in [0, 0.05) is 24.2 Å². The van der Waals surface area contributed by atoms with Crippen molar-refractivity contribution < 1.29 is 4.79 Å². The van der Waals surface area contributed by atoms with Gasteiger partial charge in [-0.1, -0.05) is 12.1 Å². The molecule has 1 aromatic rings. The van der Waals surface area contributed by atoms with Crippen molar-refractivity contribution in [2.75, 3.05) is 0 Å². The molecule has 3 rings (SSSR count). The molecular formula is C12H12N2O. The number of piperidine rings is 1. The SMILES string of the molecule is O=C1CCC2CC=c3cccnc3=C2N1. The molecule has 3 nitrogen and oxygen atoms in total. The average Bonchev–Trinajstić information content (AvgIpc) is 2.29. The Balaban J connectivity index is 2.26. The summed E-state index contributed by atoms with van der Waals surface area (Å²) in [6.07, 6.45) is 6.61. The van der Waals surface area contributed by atoms with Crippen molar-refractivity contribution in [1.82, 2.24) is 10.3 Å². The molecule has 1 amide bonds. The molecule has 1 aliphatic carbocycles. The number of aromatic nitrogens is 1. The van der Waals surface area contributed by atoms with Gasteiger partial charge in [-0.15, -0.1) is 0 Å². The van der Waals surface area contributed by atoms with Crippen molar-refractivity contribution in [2.24, 2.45) is 5.92 Å². The van der Waals surface area contributed by atoms with E-state index in [2.05, 4.69) is 16.4 Å². The molecule has 0 radical (unpaired) electrons. The van der Waals surface area contributed by atoms with Crippen LogP contribution >= 0.6 is 0 Å². The lowest BCUT2D eigenvalue weighted by molar-refractivity contribution is -0.121. The summed E-state index contributed by atoms with van der Waals surface area (Å²) in [6.45, 7) is 0. The van der Waals surface area contributed by atoms with Crippen LogP contribution in [0.1, 0.15) is 19.3 Å². The molecule has 1 fully saturated rings. The minimum Gasteiger partial charge on any atom is -0.327 e. The van der Waals surface area contributed by atoms with Gasteiger partial charge in [0.2, 0.25) is 5.91 Å². The van der Waals surface area contributed by atoms with E-state index in [1.807, 2.05) is 12.1 Å². The summed E-state index contributed by atoms with van der Waals surface area (Å²) < 4.78 is 0. The Kier molecular flexibility index (Phi) is 1.84. The highest BCUT2D eigenvalue weighted by atomic mass is 16.1. The normalized spacial score (nSPS) is 23.6. The minimum absolute atomic E-state index is 0.125. The first-order valence-corrected chi connectivity index (χ1v) is 5.30. The van der Waals surface area contributed by atoms with Crippen molar-refractivity contribution in [3.05, 3.63) is 28.9 Å². The second-order valence-electron chi connectivity index (χ2n) is 4.08. The molecule has 1 saturated heterocycles. The predicted molar refractivity (Wildman–Crippen MR) is 56.8 cm³/mol. The fourth-order valence-corrected chi connectivity index (χ4v) is 2.33. The Morgan fingerprint density at radius 2 is 2.40 bits per heavy atom. The number of hydrogen-bond acceptors (Lipinski definition) is 2. The smallest absolute Gasteiger partial charge is 0.224 e. The van der Waals surface area contributed by atoms with Gasteiger partial charge in [-0.05, 0) is 24.1 Å². The summed E-state index contributed by atoms with van der Waals surface area (Å²) in [6, 6.07) is 3.98. The maximum atomic E-state index is 11.4. The molecule has 76 valence electrons. The number of rotatable bonds is 0. The van der Waals surface area contributed by atoms with Crippen LogP contribution in [-0.4, -0.2) is 10.9 Å². The number of hydrogen-bond donors (Lipinski definition) is 1. The second-order valence-corrected chi connectivity index (χ2v) is 4.08. The van der Waals surface area contributed by atoms with E-state index in [-0.39, 0.29) is 5.91 Å². The van der Waals surface area contributed by atoms with E-state index >= 15 is 0 Å². The Bertz CT molecular complexity index is 533. The third kappa shape index (κ3) is 1.35. The number of carbonyl (C=O) groups excluding carboxylic acids is 1. The van der Waals surface area contributed by atoms with Crippen LogP contribution in [0.5, 0.6) is 0 Å². The molecule has 0 bridgehead atoms. The van der Waals surface area contributed by atoms with Crippen LogP contribution in [0.4, 0.5) is 0 Å². The van der Waals surface area contributed by atoms with Crippen LogP contribution in [-0.2, 0) is 4.79 Å². The van der Waals surface area contributed by atoms with Gasteiger partial charge >= 0.3 is 0 Å². The highest BCUT2D eigenvalue weighted by Crippen LogP contribution is 2.24. The fourth-order valence-electron chi connectivity index (χ4n) is 2.33. The second kappa shape index (κ2) is 3.19. The molecule has 1 aliphatic heterocycles. The minimum atomic E-state index is 0.125. The van der Waals surface area contributed by atoms with Crippen LogP contribution in [0.2, 0.25) is 0 Å². The molecular weight excluding hydrogens is 188 g/mol. The molecule has 3 heteroatoms. The van der Waals surface area contributed by atoms with Crippen molar-refractivity contribution in [1.29, 1.82) is 0 Å². The molecule has 1 atom stereocenters. The zero-order valence-corrected chi connectivity index (χ0v) is 8.36. The Morgan fingerprint density at radius 1 is 1.47 bits per heavy atom. The van der Waals surface area contributed by atoms with Gasteiger partial charge in [-0.3, -0.25) is 9.78 Å². The topological polar surface area (TPSA) is 42.0 Å². The quantitative estimate of drug-likeness (QED) is 0.635. The average molecular weight is 200 g/mol. The predicted octanol–water partition coefficient (Wildman–Crippen LogP) is -0.0998. The van der Waals surface area contributed by atoms with Gasteiger partial charge in [0.05, 0.1) is 5.35 Å². The summed E-state index contributed by atoms with van der Waals surface area (Å²) in [7, 11) is 0. The van der Waals surface area contributed by atoms with Crippen molar-refractivity contribution in [3.8, 4) is 0 Å². The zero-order chi connectivity index (χ0) is 10.3. The van der Waals surface area contributed by atoms with Crippen molar-refractivity contribution >= 4 is 17.7 Å². The lowest BCUT2D eigenvalue weighted by atomic mass is 9.88. The standard InChI is InChI=1S/C12H12N2O/c15-10-6-5-9-4-3-8-2-1-7-13-11(8)12(9)14-10/h1-3,7,9H,4-6H2,(H,14,15). The molecule has 0 aromatic carbocycles. The van der Waals surface area contributed by atoms with E-state index in [0.717, 1.165) is 29.1 Å². The molecule has 0 saturated carbocycles. The lowest BCUT2D eigenvalue weighted by Gasteiger charge is -2.26. The van der Waals surface area contributed by atoms with Crippen molar-refractivity contribution in [2.45, 2.75) is 19.3 Å². The summed E-state index contributed by atoms with van der Waals surface area (Å²) in [5, 5.41) is 5.07. The number of nitrogens with zero attached hydrogens (tertiary/aromatic N) is 1. The van der Waals surface area contributed by atoms with Gasteiger partial charge in [0.1, 0.15) is 0 Å². The highest BCUT2D eigenvalue weighted by Gasteiger charge is 2.25. The van der Waals surface area contributed by atoms with Gasteiger partial charge < -0.3 is 5.32 Å². The van der Waals surface area contributed by atoms with E-state index in [1.165, 1.54) is 0 Å². The number of nitrogens with one attached hydrogen (secondary N) is 1. The Labute approximate surface area is 87.5 Å². The van der Waals surface area contributed by atoms with Gasteiger partial charge in [0.15, 0.2) is 0 Å². The molecule has 1 N–H and O–H groups in total. The van der Waals surface area contributed by atoms with E-state index < -0.39 is 0 Å². The van der Waals surface area contributed by atoms with E-state index in [1.54, 1.807) is 6.20 Å². The molecule has 2 heterocycles. The maximum absolute atomic E-state index is 11.4. The first-order chi connectivity index (χ1) is 7.34. The highest BCUT2D eigenvalue weighted by molar-refractivity contribution is 5.85. The summed E-state index contributed by atoms with van der Waals surface area (Å²) >= 11 is 0. The van der Waals surface area contributed by atoms with Crippen LogP contribution in [0, 0.1) is 5.92 Å². The summed E-state index contributed by atoms with van der Waals surface area (Å²) in [4.78, 5) is 15.7. The monoisotopic (exact) mass is 200 g/mol. The molecule has 2 aliphatic rings. The summed E-state index contributed by atoms with van der Waals surface area (Å²) in [5.41, 5.74) is 1.03.